The summed E-state index contributed by atoms with van der Waals surface area (Å²) in [5.74, 6) is -0.0435. The molecule has 0 aliphatic heterocycles. The highest BCUT2D eigenvalue weighted by atomic mass is 32.1. The van der Waals surface area contributed by atoms with Gasteiger partial charge in [-0.15, -0.1) is 11.3 Å². The Morgan fingerprint density at radius 3 is 2.68 bits per heavy atom. The Morgan fingerprint density at radius 2 is 2.00 bits per heavy atom. The zero-order chi connectivity index (χ0) is 17.6. The molecular formula is C18H16N2O4S. The van der Waals surface area contributed by atoms with Crippen molar-refractivity contribution in [1.29, 1.82) is 0 Å². The van der Waals surface area contributed by atoms with Gasteiger partial charge in [0, 0.05) is 12.1 Å². The first-order chi connectivity index (χ1) is 12.2. The lowest BCUT2D eigenvalue weighted by Crippen LogP contribution is -2.26. The number of nitrogens with zero attached hydrogens (tertiary/aromatic N) is 1. The molecule has 1 aromatic carbocycles. The molecule has 0 bridgehead atoms. The van der Waals surface area contributed by atoms with Crippen molar-refractivity contribution >= 4 is 23.2 Å². The Bertz CT molecular complexity index is 857. The first-order valence-electron chi connectivity index (χ1n) is 7.64. The van der Waals surface area contributed by atoms with Gasteiger partial charge < -0.3 is 14.5 Å². The maximum atomic E-state index is 12.6. The number of thiazole rings is 1. The van der Waals surface area contributed by atoms with Gasteiger partial charge in [0.1, 0.15) is 4.88 Å². The summed E-state index contributed by atoms with van der Waals surface area (Å²) in [5.41, 5.74) is 1.43. The highest BCUT2D eigenvalue weighted by molar-refractivity contribution is 7.17. The van der Waals surface area contributed by atoms with Crippen molar-refractivity contribution in [2.24, 2.45) is 0 Å². The van der Waals surface area contributed by atoms with Crippen LogP contribution in [-0.4, -0.2) is 30.5 Å². The minimum absolute atomic E-state index is 0.118. The molecule has 6 nitrogen and oxygen atoms in total. The van der Waals surface area contributed by atoms with Gasteiger partial charge in [0.05, 0.1) is 25.5 Å². The van der Waals surface area contributed by atoms with Crippen LogP contribution >= 0.6 is 11.3 Å². The molecule has 0 saturated carbocycles. The quantitative estimate of drug-likeness (QED) is 0.685. The third kappa shape index (κ3) is 3.95. The second-order valence-electron chi connectivity index (χ2n) is 5.12. The average molecular weight is 356 g/mol. The fourth-order valence-electron chi connectivity index (χ4n) is 2.23. The minimum atomic E-state index is -0.371. The smallest absolute Gasteiger partial charge is 0.307 e. The highest BCUT2D eigenvalue weighted by Crippen LogP contribution is 2.34. The lowest BCUT2D eigenvalue weighted by atomic mass is 10.1. The van der Waals surface area contributed by atoms with E-state index >= 15 is 0 Å². The van der Waals surface area contributed by atoms with Gasteiger partial charge in [-0.25, -0.2) is 4.98 Å². The second kappa shape index (κ2) is 7.76. The molecule has 0 spiro atoms. The van der Waals surface area contributed by atoms with E-state index in [1.54, 1.807) is 18.4 Å². The van der Waals surface area contributed by atoms with Gasteiger partial charge in [0.2, 0.25) is 0 Å². The largest absolute Gasteiger partial charge is 0.469 e. The molecule has 0 saturated heterocycles. The molecule has 1 amide bonds. The molecule has 0 unspecified atom stereocenters. The number of ether oxygens (including phenoxy) is 1. The molecule has 128 valence electrons. The summed E-state index contributed by atoms with van der Waals surface area (Å²) in [5, 5.41) is 3.36. The van der Waals surface area contributed by atoms with Crippen LogP contribution in [0.1, 0.15) is 16.1 Å². The van der Waals surface area contributed by atoms with Crippen molar-refractivity contribution in [3.63, 3.8) is 0 Å². The van der Waals surface area contributed by atoms with E-state index in [0.29, 0.717) is 21.3 Å². The number of rotatable bonds is 6. The van der Waals surface area contributed by atoms with Crippen LogP contribution in [0.25, 0.3) is 22.0 Å². The molecule has 0 aliphatic carbocycles. The number of nitrogens with one attached hydrogen (secondary N) is 1. The second-order valence-corrected chi connectivity index (χ2v) is 6.12. The van der Waals surface area contributed by atoms with E-state index < -0.39 is 0 Å². The summed E-state index contributed by atoms with van der Waals surface area (Å²) in [6, 6.07) is 13.0. The van der Waals surface area contributed by atoms with Crippen molar-refractivity contribution in [2.75, 3.05) is 13.7 Å². The summed E-state index contributed by atoms with van der Waals surface area (Å²) in [4.78, 5) is 28.8. The van der Waals surface area contributed by atoms with E-state index in [1.807, 2.05) is 30.3 Å². The standard InChI is InChI=1S/C18H16N2O4S/c1-23-14(21)9-10-19-17(22)16-15(12-6-3-2-4-7-12)20-18(25-16)13-8-5-11-24-13/h2-8,11H,9-10H2,1H3,(H,19,22). The molecule has 3 rings (SSSR count). The monoisotopic (exact) mass is 356 g/mol. The number of furan rings is 1. The lowest BCUT2D eigenvalue weighted by Gasteiger charge is -2.04. The Morgan fingerprint density at radius 1 is 1.20 bits per heavy atom. The van der Waals surface area contributed by atoms with Gasteiger partial charge in [-0.05, 0) is 12.1 Å². The molecule has 2 heterocycles. The molecule has 7 heteroatoms. The number of amides is 1. The van der Waals surface area contributed by atoms with Crippen LogP contribution in [0.3, 0.4) is 0 Å². The number of benzene rings is 1. The molecule has 0 aliphatic rings. The van der Waals surface area contributed by atoms with E-state index in [4.69, 9.17) is 4.42 Å². The molecule has 1 N–H and O–H groups in total. The topological polar surface area (TPSA) is 81.4 Å². The molecule has 2 aromatic heterocycles. The van der Waals surface area contributed by atoms with E-state index in [9.17, 15) is 9.59 Å². The normalized spacial score (nSPS) is 10.4. The number of aromatic nitrogens is 1. The van der Waals surface area contributed by atoms with E-state index in [0.717, 1.165) is 5.56 Å². The van der Waals surface area contributed by atoms with Crippen LogP contribution in [0.2, 0.25) is 0 Å². The minimum Gasteiger partial charge on any atom is -0.469 e. The maximum absolute atomic E-state index is 12.6. The SMILES string of the molecule is COC(=O)CCNC(=O)c1sc(-c2ccco2)nc1-c1ccccc1. The number of hydrogen-bond donors (Lipinski definition) is 1. The van der Waals surface area contributed by atoms with Gasteiger partial charge in [-0.2, -0.15) is 0 Å². The number of carbonyl (C=O) groups excluding carboxylic acids is 2. The number of esters is 1. The van der Waals surface area contributed by atoms with E-state index in [1.165, 1.54) is 18.4 Å². The zero-order valence-electron chi connectivity index (χ0n) is 13.5. The van der Waals surface area contributed by atoms with Crippen molar-refractivity contribution in [3.05, 3.63) is 53.6 Å². The van der Waals surface area contributed by atoms with Gasteiger partial charge >= 0.3 is 5.97 Å². The van der Waals surface area contributed by atoms with E-state index in [-0.39, 0.29) is 24.8 Å². The predicted molar refractivity (Wildman–Crippen MR) is 94.2 cm³/mol. The Hall–Kier alpha value is -2.93. The zero-order valence-corrected chi connectivity index (χ0v) is 14.3. The average Bonchev–Trinajstić information content (AvgIpc) is 3.31. The van der Waals surface area contributed by atoms with Crippen LogP contribution in [0, 0.1) is 0 Å². The fourth-order valence-corrected chi connectivity index (χ4v) is 3.20. The number of methoxy groups -OCH3 is 1. The lowest BCUT2D eigenvalue weighted by molar-refractivity contribution is -0.140. The van der Waals surface area contributed by atoms with Gasteiger partial charge in [-0.1, -0.05) is 30.3 Å². The molecule has 0 atom stereocenters. The van der Waals surface area contributed by atoms with Gasteiger partial charge in [-0.3, -0.25) is 9.59 Å². The van der Waals surface area contributed by atoms with E-state index in [2.05, 4.69) is 15.0 Å². The van der Waals surface area contributed by atoms with Crippen LogP contribution in [0.5, 0.6) is 0 Å². The molecule has 3 aromatic rings. The van der Waals surface area contributed by atoms with Crippen molar-refractivity contribution in [3.8, 4) is 22.0 Å². The molecule has 0 fully saturated rings. The highest BCUT2D eigenvalue weighted by Gasteiger charge is 2.21. The van der Waals surface area contributed by atoms with Gasteiger partial charge in [0.15, 0.2) is 10.8 Å². The summed E-state index contributed by atoms with van der Waals surface area (Å²) < 4.78 is 9.96. The fraction of sp³-hybridized carbons (Fsp3) is 0.167. The van der Waals surface area contributed by atoms with Crippen molar-refractivity contribution in [2.45, 2.75) is 6.42 Å². The first-order valence-corrected chi connectivity index (χ1v) is 8.46. The summed E-state index contributed by atoms with van der Waals surface area (Å²) in [7, 11) is 1.32. The van der Waals surface area contributed by atoms with Crippen LogP contribution in [0.15, 0.2) is 53.1 Å². The summed E-state index contributed by atoms with van der Waals surface area (Å²) in [6.07, 6.45) is 1.68. The van der Waals surface area contributed by atoms with Crippen LogP contribution < -0.4 is 5.32 Å². The summed E-state index contributed by atoms with van der Waals surface area (Å²) in [6.45, 7) is 0.202. The third-order valence-corrected chi connectivity index (χ3v) is 4.52. The summed E-state index contributed by atoms with van der Waals surface area (Å²) >= 11 is 1.25. The molecule has 0 radical (unpaired) electrons. The van der Waals surface area contributed by atoms with Crippen LogP contribution in [-0.2, 0) is 9.53 Å². The maximum Gasteiger partial charge on any atom is 0.307 e. The first kappa shape index (κ1) is 16.9. The van der Waals surface area contributed by atoms with Crippen LogP contribution in [0.4, 0.5) is 0 Å². The van der Waals surface area contributed by atoms with Crippen molar-refractivity contribution < 1.29 is 18.7 Å². The Kier molecular flexibility index (Phi) is 5.25. The van der Waals surface area contributed by atoms with Gasteiger partial charge in [0.25, 0.3) is 5.91 Å². The Labute approximate surface area is 148 Å². The molecular weight excluding hydrogens is 340 g/mol. The third-order valence-electron chi connectivity index (χ3n) is 3.45. The molecule has 25 heavy (non-hydrogen) atoms. The number of carbonyl (C=O) groups is 2. The number of hydrogen-bond acceptors (Lipinski definition) is 6. The van der Waals surface area contributed by atoms with Crippen molar-refractivity contribution in [1.82, 2.24) is 10.3 Å². The Balaban J connectivity index is 1.88. The predicted octanol–water partition coefficient (Wildman–Crippen LogP) is 3.36.